The van der Waals surface area contributed by atoms with Crippen molar-refractivity contribution in [1.82, 2.24) is 20.7 Å². The van der Waals surface area contributed by atoms with Crippen molar-refractivity contribution in [3.63, 3.8) is 0 Å². The van der Waals surface area contributed by atoms with Gasteiger partial charge in [-0.15, -0.1) is 23.1 Å². The molecule has 3 N–H and O–H groups in total. The number of carboxylic acid groups (broad SMARTS) is 1. The van der Waals surface area contributed by atoms with Gasteiger partial charge in [0.05, 0.1) is 17.4 Å². The number of amides is 2. The summed E-state index contributed by atoms with van der Waals surface area (Å²) in [6.07, 6.45) is 3.65. The van der Waals surface area contributed by atoms with Crippen molar-refractivity contribution in [2.45, 2.75) is 43.1 Å². The summed E-state index contributed by atoms with van der Waals surface area (Å²) >= 11 is 2.44. The average molecular weight is 769 g/mol. The SMILES string of the molecule is Cc1ccc[n+](CC2=C(C(=O)[O-])N3C(=O)C(NC(=O)C(NOC(F)F)c4csc(NC(c5ccccc5)(c5ccccc5)c5ccccc5)n4)[C@@H]3SC2)c1. The normalized spacial score (nSPS) is 17.5. The van der Waals surface area contributed by atoms with Crippen molar-refractivity contribution < 1.29 is 37.7 Å². The van der Waals surface area contributed by atoms with E-state index in [1.54, 1.807) is 6.20 Å². The summed E-state index contributed by atoms with van der Waals surface area (Å²) in [4.78, 5) is 49.8. The highest BCUT2D eigenvalue weighted by atomic mass is 32.2. The van der Waals surface area contributed by atoms with Gasteiger partial charge in [-0.2, -0.15) is 14.3 Å². The molecular weight excluding hydrogens is 735 g/mol. The van der Waals surface area contributed by atoms with Gasteiger partial charge < -0.3 is 20.5 Å². The van der Waals surface area contributed by atoms with Crippen LogP contribution in [0.15, 0.2) is 132 Å². The Morgan fingerprint density at radius 3 is 2.15 bits per heavy atom. The van der Waals surface area contributed by atoms with Crippen molar-refractivity contribution in [2.24, 2.45) is 0 Å². The van der Waals surface area contributed by atoms with Crippen LogP contribution < -0.4 is 25.8 Å². The highest BCUT2D eigenvalue weighted by Gasteiger charge is 2.53. The van der Waals surface area contributed by atoms with Gasteiger partial charge >= 0.3 is 6.61 Å². The number of aliphatic carboxylic acids is 1. The van der Waals surface area contributed by atoms with Crippen LogP contribution in [0.5, 0.6) is 0 Å². The summed E-state index contributed by atoms with van der Waals surface area (Å²) in [6.45, 7) is -1.13. The number of β-lactam (4-membered cyclic amide) rings is 1. The number of thioether (sulfide) groups is 1. The number of hydrogen-bond donors (Lipinski definition) is 3. The monoisotopic (exact) mass is 768 g/mol. The quantitative estimate of drug-likeness (QED) is 0.0662. The standard InChI is InChI=1S/C39H34F2N6O5S2/c1-24-12-11-19-46(20-24)21-25-22-53-35-31(34(49)47(35)32(25)36(50)51)43-33(48)30(45-52-37(40)41)29-23-54-38(42-29)44-39(26-13-5-2-6-14-26,27-15-7-3-8-16-27)28-17-9-4-10-18-28/h2-20,23,30-31,35,37,45H,21-22H2,1H3,(H2-,42,43,44,48,50,51)/t30?,31?,35-/m0/s1. The molecule has 2 aliphatic heterocycles. The third-order valence-electron chi connectivity index (χ3n) is 9.19. The number of carbonyl (C=O) groups excluding carboxylic acids is 3. The molecule has 5 aromatic rings. The fraction of sp³-hybridized carbons (Fsp3) is 0.205. The molecule has 0 radical (unpaired) electrons. The number of aryl methyl sites for hydroxylation is 1. The number of rotatable bonds is 14. The number of carboxylic acids is 1. The zero-order chi connectivity index (χ0) is 37.8. The first-order valence-corrected chi connectivity index (χ1v) is 18.8. The maximum Gasteiger partial charge on any atom is 0.360 e. The highest BCUT2D eigenvalue weighted by Crippen LogP contribution is 2.42. The van der Waals surface area contributed by atoms with Crippen molar-refractivity contribution in [3.05, 3.63) is 160 Å². The summed E-state index contributed by atoms with van der Waals surface area (Å²) in [7, 11) is 0. The Balaban J connectivity index is 1.16. The van der Waals surface area contributed by atoms with E-state index in [0.29, 0.717) is 10.7 Å². The fourth-order valence-electron chi connectivity index (χ4n) is 6.79. The minimum Gasteiger partial charge on any atom is -0.543 e. The second kappa shape index (κ2) is 15.9. The first-order valence-electron chi connectivity index (χ1n) is 16.9. The van der Waals surface area contributed by atoms with E-state index in [-0.39, 0.29) is 23.7 Å². The minimum absolute atomic E-state index is 0.0523. The second-order valence-electron chi connectivity index (χ2n) is 12.7. The molecule has 2 aliphatic rings. The fourth-order valence-corrected chi connectivity index (χ4v) is 8.91. The molecule has 7 rings (SSSR count). The predicted octanol–water partition coefficient (Wildman–Crippen LogP) is 4.03. The molecular formula is C39H34F2N6O5S2. The first-order chi connectivity index (χ1) is 26.2. The van der Waals surface area contributed by atoms with Gasteiger partial charge in [-0.05, 0) is 29.7 Å². The Kier molecular flexibility index (Phi) is 10.8. The van der Waals surface area contributed by atoms with Gasteiger partial charge in [0, 0.05) is 28.3 Å². The third-order valence-corrected chi connectivity index (χ3v) is 11.3. The van der Waals surface area contributed by atoms with Crippen LogP contribution in [0.1, 0.15) is 34.0 Å². The molecule has 3 atom stereocenters. The number of hydrogen-bond acceptors (Lipinski definition) is 10. The molecule has 2 aromatic heterocycles. The number of thiazole rings is 1. The van der Waals surface area contributed by atoms with Crippen molar-refractivity contribution in [3.8, 4) is 0 Å². The van der Waals surface area contributed by atoms with Gasteiger partial charge in [0.2, 0.25) is 5.91 Å². The second-order valence-corrected chi connectivity index (χ2v) is 14.6. The number of carbonyl (C=O) groups is 3. The van der Waals surface area contributed by atoms with E-state index in [2.05, 4.69) is 25.9 Å². The molecule has 0 spiro atoms. The summed E-state index contributed by atoms with van der Waals surface area (Å²) in [5, 5.41) is 19.7. The minimum atomic E-state index is -3.27. The Hall–Kier alpha value is -5.48. The molecule has 0 bridgehead atoms. The van der Waals surface area contributed by atoms with Gasteiger partial charge in [0.1, 0.15) is 17.0 Å². The van der Waals surface area contributed by atoms with E-state index in [4.69, 9.17) is 0 Å². The van der Waals surface area contributed by atoms with E-state index < -0.39 is 47.4 Å². The molecule has 2 unspecified atom stereocenters. The van der Waals surface area contributed by atoms with E-state index >= 15 is 0 Å². The molecule has 1 fully saturated rings. The molecule has 0 saturated carbocycles. The number of aromatic nitrogens is 2. The van der Waals surface area contributed by atoms with Crippen LogP contribution in [0, 0.1) is 6.92 Å². The lowest BCUT2D eigenvalue weighted by atomic mass is 9.77. The van der Waals surface area contributed by atoms with Crippen LogP contribution in [0.2, 0.25) is 0 Å². The van der Waals surface area contributed by atoms with Gasteiger partial charge in [0.15, 0.2) is 30.1 Å². The van der Waals surface area contributed by atoms with E-state index in [9.17, 15) is 28.3 Å². The molecule has 54 heavy (non-hydrogen) atoms. The number of hydroxylamine groups is 1. The van der Waals surface area contributed by atoms with E-state index in [1.807, 2.05) is 121 Å². The van der Waals surface area contributed by atoms with Gasteiger partial charge in [-0.1, -0.05) is 91.0 Å². The number of pyridine rings is 1. The Morgan fingerprint density at radius 1 is 0.981 bits per heavy atom. The summed E-state index contributed by atoms with van der Waals surface area (Å²) in [5.74, 6) is -2.79. The molecule has 0 aliphatic carbocycles. The molecule has 1 saturated heterocycles. The Labute approximate surface area is 317 Å². The topological polar surface area (TPSA) is 140 Å². The van der Waals surface area contributed by atoms with Gasteiger partial charge in [0.25, 0.3) is 5.91 Å². The predicted molar refractivity (Wildman–Crippen MR) is 196 cm³/mol. The van der Waals surface area contributed by atoms with E-state index in [1.165, 1.54) is 17.1 Å². The summed E-state index contributed by atoms with van der Waals surface area (Å²) < 4.78 is 28.5. The molecule has 4 heterocycles. The van der Waals surface area contributed by atoms with E-state index in [0.717, 1.165) is 38.5 Å². The van der Waals surface area contributed by atoms with Crippen LogP contribution in [-0.2, 0) is 31.3 Å². The van der Waals surface area contributed by atoms with Crippen molar-refractivity contribution >= 4 is 46.0 Å². The number of anilines is 1. The van der Waals surface area contributed by atoms with Crippen molar-refractivity contribution in [1.29, 1.82) is 0 Å². The number of nitrogens with one attached hydrogen (secondary N) is 3. The largest absolute Gasteiger partial charge is 0.543 e. The Morgan fingerprint density at radius 2 is 1.59 bits per heavy atom. The van der Waals surface area contributed by atoms with Crippen LogP contribution in [-0.4, -0.2) is 51.4 Å². The van der Waals surface area contributed by atoms with Crippen LogP contribution in [0.4, 0.5) is 13.9 Å². The van der Waals surface area contributed by atoms with Crippen molar-refractivity contribution in [2.75, 3.05) is 11.1 Å². The number of alkyl halides is 2. The Bertz CT molecular complexity index is 2080. The molecule has 3 aromatic carbocycles. The van der Waals surface area contributed by atoms with Gasteiger partial charge in [-0.3, -0.25) is 14.5 Å². The zero-order valence-electron chi connectivity index (χ0n) is 28.7. The maximum absolute atomic E-state index is 13.8. The molecule has 11 nitrogen and oxygen atoms in total. The highest BCUT2D eigenvalue weighted by molar-refractivity contribution is 8.00. The molecule has 276 valence electrons. The number of nitrogens with zero attached hydrogens (tertiary/aromatic N) is 3. The zero-order valence-corrected chi connectivity index (χ0v) is 30.4. The summed E-state index contributed by atoms with van der Waals surface area (Å²) in [5.41, 5.74) is 5.13. The number of halogens is 2. The van der Waals surface area contributed by atoms with Gasteiger partial charge in [-0.25, -0.2) is 14.4 Å². The number of benzene rings is 3. The smallest absolute Gasteiger partial charge is 0.360 e. The third kappa shape index (κ3) is 7.35. The first kappa shape index (κ1) is 36.9. The molecule has 15 heteroatoms. The number of fused-ring (bicyclic) bond motifs is 1. The average Bonchev–Trinajstić information content (AvgIpc) is 3.64. The van der Waals surface area contributed by atoms with Crippen LogP contribution in [0.3, 0.4) is 0 Å². The lowest BCUT2D eigenvalue weighted by Gasteiger charge is -2.50. The summed E-state index contributed by atoms with van der Waals surface area (Å²) in [6, 6.07) is 30.3. The molecule has 2 amide bonds. The van der Waals surface area contributed by atoms with Crippen LogP contribution >= 0.6 is 23.1 Å². The lowest BCUT2D eigenvalue weighted by molar-refractivity contribution is -0.689. The lowest BCUT2D eigenvalue weighted by Crippen LogP contribution is -2.71. The maximum atomic E-state index is 13.8. The van der Waals surface area contributed by atoms with Crippen LogP contribution in [0.25, 0.3) is 0 Å².